The Morgan fingerprint density at radius 2 is 1.77 bits per heavy atom. The lowest BCUT2D eigenvalue weighted by atomic mass is 9.95. The fourth-order valence-electron chi connectivity index (χ4n) is 4.31. The number of halogens is 1. The van der Waals surface area contributed by atoms with Gasteiger partial charge in [-0.2, -0.15) is 0 Å². The number of nitrogens with one attached hydrogen (secondary N) is 2. The Hall–Kier alpha value is -2.37. The van der Waals surface area contributed by atoms with Gasteiger partial charge < -0.3 is 15.5 Å². The van der Waals surface area contributed by atoms with Gasteiger partial charge in [0.15, 0.2) is 0 Å². The van der Waals surface area contributed by atoms with Gasteiger partial charge in [0.25, 0.3) is 0 Å². The maximum Gasteiger partial charge on any atom is 0.247 e. The van der Waals surface area contributed by atoms with E-state index in [4.69, 9.17) is 0 Å². The van der Waals surface area contributed by atoms with Crippen molar-refractivity contribution >= 4 is 29.9 Å². The third-order valence-electron chi connectivity index (χ3n) is 6.06. The number of anilines is 1. The van der Waals surface area contributed by atoms with Gasteiger partial charge in [-0.25, -0.2) is 0 Å². The summed E-state index contributed by atoms with van der Waals surface area (Å²) >= 11 is 0. The number of hydrogen-bond donors (Lipinski definition) is 2. The maximum absolute atomic E-state index is 13.2. The molecule has 0 aliphatic carbocycles. The lowest BCUT2D eigenvalue weighted by Crippen LogP contribution is -2.53. The first-order chi connectivity index (χ1) is 14.0. The van der Waals surface area contributed by atoms with Gasteiger partial charge in [0.2, 0.25) is 11.8 Å². The molecule has 2 heterocycles. The van der Waals surface area contributed by atoms with Gasteiger partial charge in [0, 0.05) is 18.8 Å². The van der Waals surface area contributed by atoms with Crippen LogP contribution in [-0.2, 0) is 22.6 Å². The average molecular weight is 428 g/mol. The standard InChI is InChI=1S/C24H29N3O2.ClH/c1-16(2)17-9-11-20(12-10-17)26-23(28)22-8-5-13-27(22)24(29)21-14-18-6-3-4-7-19(18)15-25-21;/h3-4,6-7,9-12,16,21-22,25H,5,8,13-15H2,1-2H3,(H,26,28);1H. The summed E-state index contributed by atoms with van der Waals surface area (Å²) in [6.07, 6.45) is 2.25. The van der Waals surface area contributed by atoms with E-state index in [1.165, 1.54) is 16.7 Å². The lowest BCUT2D eigenvalue weighted by Gasteiger charge is -2.31. The molecule has 5 nitrogen and oxygen atoms in total. The van der Waals surface area contributed by atoms with Crippen LogP contribution in [-0.4, -0.2) is 35.3 Å². The van der Waals surface area contributed by atoms with Gasteiger partial charge in [-0.05, 0) is 54.0 Å². The summed E-state index contributed by atoms with van der Waals surface area (Å²) in [4.78, 5) is 27.9. The molecule has 2 aliphatic rings. The average Bonchev–Trinajstić information content (AvgIpc) is 3.23. The number of amides is 2. The number of carbonyl (C=O) groups excluding carboxylic acids is 2. The molecule has 2 aromatic rings. The fraction of sp³-hybridized carbons (Fsp3) is 0.417. The molecule has 2 aliphatic heterocycles. The lowest BCUT2D eigenvalue weighted by molar-refractivity contribution is -0.138. The molecule has 1 fully saturated rings. The summed E-state index contributed by atoms with van der Waals surface area (Å²) in [5.41, 5.74) is 4.49. The van der Waals surface area contributed by atoms with E-state index in [1.807, 2.05) is 36.4 Å². The van der Waals surface area contributed by atoms with E-state index in [0.29, 0.717) is 31.8 Å². The molecule has 0 radical (unpaired) electrons. The van der Waals surface area contributed by atoms with Crippen LogP contribution in [0.15, 0.2) is 48.5 Å². The molecule has 2 amide bonds. The quantitative estimate of drug-likeness (QED) is 0.778. The molecule has 4 rings (SSSR count). The Kier molecular flexibility index (Phi) is 7.16. The Bertz CT molecular complexity index is 898. The van der Waals surface area contributed by atoms with E-state index in [9.17, 15) is 9.59 Å². The highest BCUT2D eigenvalue weighted by Gasteiger charge is 2.38. The van der Waals surface area contributed by atoms with Crippen molar-refractivity contribution in [3.8, 4) is 0 Å². The van der Waals surface area contributed by atoms with E-state index in [-0.39, 0.29) is 30.3 Å². The summed E-state index contributed by atoms with van der Waals surface area (Å²) in [5, 5.41) is 6.36. The number of hydrogen-bond acceptors (Lipinski definition) is 3. The number of carbonyl (C=O) groups is 2. The predicted octanol–water partition coefficient (Wildman–Crippen LogP) is 3.88. The van der Waals surface area contributed by atoms with Crippen molar-refractivity contribution in [2.24, 2.45) is 0 Å². The van der Waals surface area contributed by atoms with E-state index in [2.05, 4.69) is 36.6 Å². The van der Waals surface area contributed by atoms with Crippen LogP contribution in [0.2, 0.25) is 0 Å². The SMILES string of the molecule is CC(C)c1ccc(NC(=O)C2CCCN2C(=O)C2Cc3ccccc3CN2)cc1.Cl. The van der Waals surface area contributed by atoms with Crippen LogP contribution in [0.3, 0.4) is 0 Å². The zero-order valence-electron chi connectivity index (χ0n) is 17.6. The second-order valence-electron chi connectivity index (χ2n) is 8.36. The molecule has 1 saturated heterocycles. The molecule has 2 N–H and O–H groups in total. The minimum absolute atomic E-state index is 0. The molecule has 30 heavy (non-hydrogen) atoms. The van der Waals surface area contributed by atoms with Crippen molar-refractivity contribution in [2.75, 3.05) is 11.9 Å². The Morgan fingerprint density at radius 1 is 1.07 bits per heavy atom. The number of benzene rings is 2. The normalized spacial score (nSPS) is 20.4. The first kappa shape index (κ1) is 22.3. The molecular formula is C24H30ClN3O2. The monoisotopic (exact) mass is 427 g/mol. The first-order valence-electron chi connectivity index (χ1n) is 10.5. The number of fused-ring (bicyclic) bond motifs is 1. The van der Waals surface area contributed by atoms with E-state index in [0.717, 1.165) is 12.1 Å². The topological polar surface area (TPSA) is 61.4 Å². The minimum atomic E-state index is -0.397. The molecule has 6 heteroatoms. The molecule has 0 spiro atoms. The molecule has 2 aromatic carbocycles. The third-order valence-corrected chi connectivity index (χ3v) is 6.06. The van der Waals surface area contributed by atoms with Crippen molar-refractivity contribution in [1.82, 2.24) is 10.2 Å². The van der Waals surface area contributed by atoms with Crippen LogP contribution in [0, 0.1) is 0 Å². The van der Waals surface area contributed by atoms with Gasteiger partial charge in [-0.3, -0.25) is 9.59 Å². The van der Waals surface area contributed by atoms with Gasteiger partial charge >= 0.3 is 0 Å². The highest BCUT2D eigenvalue weighted by Crippen LogP contribution is 2.24. The maximum atomic E-state index is 13.2. The Morgan fingerprint density at radius 3 is 2.47 bits per heavy atom. The highest BCUT2D eigenvalue weighted by atomic mass is 35.5. The zero-order valence-corrected chi connectivity index (χ0v) is 18.4. The van der Waals surface area contributed by atoms with Crippen molar-refractivity contribution in [3.05, 3.63) is 65.2 Å². The van der Waals surface area contributed by atoms with Gasteiger partial charge in [0.05, 0.1) is 6.04 Å². The first-order valence-corrected chi connectivity index (χ1v) is 10.5. The molecule has 0 bridgehead atoms. The fourth-order valence-corrected chi connectivity index (χ4v) is 4.31. The van der Waals surface area contributed by atoms with Crippen molar-refractivity contribution in [2.45, 2.75) is 57.7 Å². The van der Waals surface area contributed by atoms with Crippen molar-refractivity contribution in [1.29, 1.82) is 0 Å². The molecule has 0 saturated carbocycles. The number of nitrogens with zero attached hydrogens (tertiary/aromatic N) is 1. The third kappa shape index (κ3) is 4.68. The summed E-state index contributed by atoms with van der Waals surface area (Å²) in [5.74, 6) is 0.396. The second kappa shape index (κ2) is 9.63. The number of likely N-dealkylation sites (tertiary alicyclic amines) is 1. The Labute approximate surface area is 184 Å². The van der Waals surface area contributed by atoms with Crippen LogP contribution in [0.25, 0.3) is 0 Å². The van der Waals surface area contributed by atoms with E-state index < -0.39 is 6.04 Å². The molecule has 0 aromatic heterocycles. The minimum Gasteiger partial charge on any atom is -0.329 e. The van der Waals surface area contributed by atoms with Crippen LogP contribution >= 0.6 is 12.4 Å². The van der Waals surface area contributed by atoms with Crippen LogP contribution in [0.5, 0.6) is 0 Å². The van der Waals surface area contributed by atoms with Crippen LogP contribution in [0.1, 0.15) is 49.3 Å². The summed E-state index contributed by atoms with van der Waals surface area (Å²) in [6, 6.07) is 15.5. The molecule has 2 unspecified atom stereocenters. The molecular weight excluding hydrogens is 398 g/mol. The van der Waals surface area contributed by atoms with Gasteiger partial charge in [-0.15, -0.1) is 12.4 Å². The summed E-state index contributed by atoms with van der Waals surface area (Å²) in [7, 11) is 0. The van der Waals surface area contributed by atoms with E-state index in [1.54, 1.807) is 4.90 Å². The summed E-state index contributed by atoms with van der Waals surface area (Å²) in [6.45, 7) is 5.63. The Balaban J connectivity index is 0.00000256. The van der Waals surface area contributed by atoms with Crippen LogP contribution in [0.4, 0.5) is 5.69 Å². The molecule has 2 atom stereocenters. The summed E-state index contributed by atoms with van der Waals surface area (Å²) < 4.78 is 0. The van der Waals surface area contributed by atoms with Crippen molar-refractivity contribution in [3.63, 3.8) is 0 Å². The molecule has 160 valence electrons. The second-order valence-corrected chi connectivity index (χ2v) is 8.36. The van der Waals surface area contributed by atoms with Crippen molar-refractivity contribution < 1.29 is 9.59 Å². The highest BCUT2D eigenvalue weighted by molar-refractivity contribution is 5.98. The van der Waals surface area contributed by atoms with Gasteiger partial charge in [-0.1, -0.05) is 50.2 Å². The van der Waals surface area contributed by atoms with Crippen LogP contribution < -0.4 is 10.6 Å². The predicted molar refractivity (Wildman–Crippen MR) is 122 cm³/mol. The van der Waals surface area contributed by atoms with E-state index >= 15 is 0 Å². The van der Waals surface area contributed by atoms with Gasteiger partial charge in [0.1, 0.15) is 6.04 Å². The smallest absolute Gasteiger partial charge is 0.247 e. The zero-order chi connectivity index (χ0) is 20.4. The number of rotatable bonds is 4. The largest absolute Gasteiger partial charge is 0.329 e.